The van der Waals surface area contributed by atoms with E-state index < -0.39 is 0 Å². The van der Waals surface area contributed by atoms with Crippen LogP contribution in [0.15, 0.2) is 22.7 Å². The van der Waals surface area contributed by atoms with E-state index in [1.54, 1.807) is 12.1 Å². The lowest BCUT2D eigenvalue weighted by atomic mass is 10.1. The van der Waals surface area contributed by atoms with E-state index in [2.05, 4.69) is 31.3 Å². The minimum atomic E-state index is -0.300. The fourth-order valence-corrected chi connectivity index (χ4v) is 3.03. The van der Waals surface area contributed by atoms with Crippen LogP contribution in [0.25, 0.3) is 11.4 Å². The number of nitrogens with two attached hydrogens (primary N) is 1. The first kappa shape index (κ1) is 14.4. The van der Waals surface area contributed by atoms with Gasteiger partial charge in [0, 0.05) is 16.8 Å². The second kappa shape index (κ2) is 6.07. The average molecular weight is 351 g/mol. The number of rotatable bonds is 2. The van der Waals surface area contributed by atoms with Gasteiger partial charge in [0.05, 0.1) is 4.47 Å². The van der Waals surface area contributed by atoms with E-state index in [4.69, 9.17) is 5.84 Å². The molecule has 1 aromatic carbocycles. The molecule has 1 heterocycles. The van der Waals surface area contributed by atoms with Crippen molar-refractivity contribution >= 4 is 21.7 Å². The lowest BCUT2D eigenvalue weighted by Crippen LogP contribution is -2.14. The Hall–Kier alpha value is -1.53. The van der Waals surface area contributed by atoms with Crippen LogP contribution in [0.1, 0.15) is 30.5 Å². The van der Waals surface area contributed by atoms with Gasteiger partial charge in [0.15, 0.2) is 5.82 Å². The number of aromatic nitrogens is 2. The summed E-state index contributed by atoms with van der Waals surface area (Å²) in [7, 11) is 0. The van der Waals surface area contributed by atoms with Crippen molar-refractivity contribution in [2.75, 3.05) is 5.43 Å². The molecule has 0 fully saturated rings. The summed E-state index contributed by atoms with van der Waals surface area (Å²) in [5.74, 6) is 6.57. The number of aryl methyl sites for hydroxylation is 1. The molecule has 0 atom stereocenters. The summed E-state index contributed by atoms with van der Waals surface area (Å²) in [6.07, 6.45) is 5.33. The predicted molar refractivity (Wildman–Crippen MR) is 84.2 cm³/mol. The second-order valence-corrected chi connectivity index (χ2v) is 6.01. The topological polar surface area (TPSA) is 63.8 Å². The number of hydrogen-bond donors (Lipinski definition) is 2. The Kier molecular flexibility index (Phi) is 4.17. The van der Waals surface area contributed by atoms with Gasteiger partial charge in [-0.1, -0.05) is 6.42 Å². The number of halogens is 2. The molecule has 6 heteroatoms. The van der Waals surface area contributed by atoms with Crippen molar-refractivity contribution < 1.29 is 4.39 Å². The molecule has 3 N–H and O–H groups in total. The molecule has 0 aliphatic heterocycles. The molecule has 1 aliphatic carbocycles. The molecule has 0 saturated heterocycles. The number of hydrazine groups is 1. The minimum absolute atomic E-state index is 0.300. The largest absolute Gasteiger partial charge is 0.308 e. The fraction of sp³-hybridized carbons (Fsp3) is 0.333. The SMILES string of the molecule is NNc1nc(-c2ccc(F)c(Br)c2)nc2c1CCCCC2. The number of nitrogens with one attached hydrogen (secondary N) is 1. The number of nitrogens with zero attached hydrogens (tertiary/aromatic N) is 2. The van der Waals surface area contributed by atoms with E-state index in [0.717, 1.165) is 42.5 Å². The van der Waals surface area contributed by atoms with Crippen molar-refractivity contribution in [3.05, 3.63) is 39.7 Å². The third-order valence-corrected chi connectivity index (χ3v) is 4.36. The van der Waals surface area contributed by atoms with E-state index in [1.807, 2.05) is 0 Å². The molecule has 110 valence electrons. The summed E-state index contributed by atoms with van der Waals surface area (Å²) in [4.78, 5) is 9.17. The van der Waals surface area contributed by atoms with E-state index in [-0.39, 0.29) is 5.82 Å². The summed E-state index contributed by atoms with van der Waals surface area (Å²) in [5, 5.41) is 0. The monoisotopic (exact) mass is 350 g/mol. The van der Waals surface area contributed by atoms with Crippen LogP contribution >= 0.6 is 15.9 Å². The maximum absolute atomic E-state index is 13.4. The van der Waals surface area contributed by atoms with E-state index in [9.17, 15) is 4.39 Å². The first-order chi connectivity index (χ1) is 10.2. The second-order valence-electron chi connectivity index (χ2n) is 5.15. The van der Waals surface area contributed by atoms with E-state index >= 15 is 0 Å². The quantitative estimate of drug-likeness (QED) is 0.493. The van der Waals surface area contributed by atoms with Gasteiger partial charge >= 0.3 is 0 Å². The van der Waals surface area contributed by atoms with Gasteiger partial charge in [0.1, 0.15) is 11.6 Å². The van der Waals surface area contributed by atoms with Crippen molar-refractivity contribution in [1.29, 1.82) is 0 Å². The Morgan fingerprint density at radius 1 is 1.14 bits per heavy atom. The Morgan fingerprint density at radius 3 is 2.71 bits per heavy atom. The number of anilines is 1. The fourth-order valence-electron chi connectivity index (χ4n) is 2.65. The van der Waals surface area contributed by atoms with Gasteiger partial charge in [0.25, 0.3) is 0 Å². The van der Waals surface area contributed by atoms with Gasteiger partial charge < -0.3 is 5.43 Å². The van der Waals surface area contributed by atoms with Crippen molar-refractivity contribution in [2.24, 2.45) is 5.84 Å². The summed E-state index contributed by atoms with van der Waals surface area (Å²) in [6.45, 7) is 0. The maximum atomic E-state index is 13.4. The molecule has 21 heavy (non-hydrogen) atoms. The molecule has 4 nitrogen and oxygen atoms in total. The normalized spacial score (nSPS) is 14.4. The van der Waals surface area contributed by atoms with Gasteiger partial charge in [-0.05, 0) is 59.8 Å². The summed E-state index contributed by atoms with van der Waals surface area (Å²) < 4.78 is 13.8. The molecule has 0 amide bonds. The highest BCUT2D eigenvalue weighted by atomic mass is 79.9. The maximum Gasteiger partial charge on any atom is 0.161 e. The number of hydrogen-bond acceptors (Lipinski definition) is 4. The van der Waals surface area contributed by atoms with Gasteiger partial charge in [-0.3, -0.25) is 0 Å². The Morgan fingerprint density at radius 2 is 1.95 bits per heavy atom. The lowest BCUT2D eigenvalue weighted by molar-refractivity contribution is 0.621. The molecular formula is C15H16BrFN4. The summed E-state index contributed by atoms with van der Waals surface area (Å²) in [6, 6.07) is 4.77. The molecule has 0 spiro atoms. The standard InChI is InChI=1S/C15H16BrFN4/c16-11-8-9(6-7-12(11)17)14-19-13-5-3-1-2-4-10(13)15(20-14)21-18/h6-8H,1-5,18H2,(H,19,20,21). The Bertz CT molecular complexity index is 675. The van der Waals surface area contributed by atoms with Crippen LogP contribution in [0.3, 0.4) is 0 Å². The highest BCUT2D eigenvalue weighted by Crippen LogP contribution is 2.29. The highest BCUT2D eigenvalue weighted by molar-refractivity contribution is 9.10. The molecule has 0 radical (unpaired) electrons. The van der Waals surface area contributed by atoms with Gasteiger partial charge in [0.2, 0.25) is 0 Å². The lowest BCUT2D eigenvalue weighted by Gasteiger charge is -2.13. The van der Waals surface area contributed by atoms with Crippen LogP contribution in [0.4, 0.5) is 10.2 Å². The molecule has 3 rings (SSSR count). The van der Waals surface area contributed by atoms with Gasteiger partial charge in [-0.2, -0.15) is 0 Å². The summed E-state index contributed by atoms with van der Waals surface area (Å²) >= 11 is 3.20. The summed E-state index contributed by atoms with van der Waals surface area (Å²) in [5.41, 5.74) is 5.61. The molecule has 1 aromatic heterocycles. The Balaban J connectivity index is 2.10. The van der Waals surface area contributed by atoms with Crippen LogP contribution in [0.5, 0.6) is 0 Å². The van der Waals surface area contributed by atoms with Crippen LogP contribution in [0, 0.1) is 5.82 Å². The highest BCUT2D eigenvalue weighted by Gasteiger charge is 2.17. The zero-order valence-electron chi connectivity index (χ0n) is 11.5. The first-order valence-corrected chi connectivity index (χ1v) is 7.80. The molecule has 2 aromatic rings. The molecule has 0 unspecified atom stereocenters. The molecule has 0 bridgehead atoms. The number of nitrogen functional groups attached to an aromatic ring is 1. The zero-order valence-corrected chi connectivity index (χ0v) is 13.1. The van der Waals surface area contributed by atoms with Gasteiger partial charge in [-0.15, -0.1) is 0 Å². The predicted octanol–water partition coefficient (Wildman–Crippen LogP) is 3.60. The van der Waals surface area contributed by atoms with E-state index in [0.29, 0.717) is 16.1 Å². The van der Waals surface area contributed by atoms with Crippen LogP contribution in [-0.4, -0.2) is 9.97 Å². The smallest absolute Gasteiger partial charge is 0.161 e. The molecule has 1 aliphatic rings. The van der Waals surface area contributed by atoms with Crippen LogP contribution in [-0.2, 0) is 12.8 Å². The first-order valence-electron chi connectivity index (χ1n) is 7.01. The van der Waals surface area contributed by atoms with Crippen molar-refractivity contribution in [1.82, 2.24) is 9.97 Å². The van der Waals surface area contributed by atoms with Crippen molar-refractivity contribution in [3.8, 4) is 11.4 Å². The third-order valence-electron chi connectivity index (χ3n) is 3.75. The Labute approximate surface area is 131 Å². The minimum Gasteiger partial charge on any atom is -0.308 e. The zero-order chi connectivity index (χ0) is 14.8. The van der Waals surface area contributed by atoms with Crippen molar-refractivity contribution in [3.63, 3.8) is 0 Å². The van der Waals surface area contributed by atoms with Crippen LogP contribution in [0.2, 0.25) is 0 Å². The number of benzene rings is 1. The molecule has 0 saturated carbocycles. The molecular weight excluding hydrogens is 335 g/mol. The van der Waals surface area contributed by atoms with Gasteiger partial charge in [-0.25, -0.2) is 20.2 Å². The number of fused-ring (bicyclic) bond motifs is 1. The van der Waals surface area contributed by atoms with Crippen LogP contribution < -0.4 is 11.3 Å². The third kappa shape index (κ3) is 2.91. The van der Waals surface area contributed by atoms with E-state index in [1.165, 1.54) is 12.5 Å². The average Bonchev–Trinajstić information content (AvgIpc) is 2.74. The van der Waals surface area contributed by atoms with Crippen molar-refractivity contribution in [2.45, 2.75) is 32.1 Å².